The molecule has 0 fully saturated rings. The summed E-state index contributed by atoms with van der Waals surface area (Å²) in [7, 11) is 4.04. The highest BCUT2D eigenvalue weighted by Crippen LogP contribution is 2.36. The van der Waals surface area contributed by atoms with Crippen LogP contribution in [0, 0.1) is 0 Å². The van der Waals surface area contributed by atoms with Gasteiger partial charge in [-0.15, -0.1) is 11.3 Å². The van der Waals surface area contributed by atoms with Crippen molar-refractivity contribution in [3.63, 3.8) is 0 Å². The van der Waals surface area contributed by atoms with Crippen LogP contribution in [0.4, 0.5) is 0 Å². The second kappa shape index (κ2) is 4.23. The maximum absolute atomic E-state index is 4.75. The summed E-state index contributed by atoms with van der Waals surface area (Å²) >= 11 is 1.78. The van der Waals surface area contributed by atoms with Crippen LogP contribution >= 0.6 is 11.3 Å². The molecular weight excluding hydrogens is 232 g/mol. The molecule has 0 aromatic carbocycles. The average molecular weight is 248 g/mol. The van der Waals surface area contributed by atoms with Crippen LogP contribution in [-0.4, -0.2) is 21.6 Å². The van der Waals surface area contributed by atoms with Crippen LogP contribution in [0.15, 0.2) is 12.4 Å². The summed E-state index contributed by atoms with van der Waals surface area (Å²) in [5.74, 6) is 0.972. The van der Waals surface area contributed by atoms with Crippen molar-refractivity contribution in [2.45, 2.75) is 25.3 Å². The summed E-state index contributed by atoms with van der Waals surface area (Å²) < 4.78 is 2.03. The molecule has 0 saturated carbocycles. The predicted molar refractivity (Wildman–Crippen MR) is 69.1 cm³/mol. The third-order valence-corrected chi connectivity index (χ3v) is 4.52. The van der Waals surface area contributed by atoms with Gasteiger partial charge in [-0.3, -0.25) is 0 Å². The molecular formula is C12H16N4S. The third kappa shape index (κ3) is 1.79. The zero-order valence-electron chi connectivity index (χ0n) is 10.1. The van der Waals surface area contributed by atoms with Gasteiger partial charge >= 0.3 is 0 Å². The fourth-order valence-electron chi connectivity index (χ4n) is 2.36. The topological polar surface area (TPSA) is 42.7 Å². The number of fused-ring (bicyclic) bond motifs is 1. The highest BCUT2D eigenvalue weighted by molar-refractivity contribution is 7.15. The fraction of sp³-hybridized carbons (Fsp3) is 0.500. The summed E-state index contributed by atoms with van der Waals surface area (Å²) in [5.41, 5.74) is 1.26. The maximum Gasteiger partial charge on any atom is 0.168 e. The molecule has 0 saturated heterocycles. The molecule has 0 radical (unpaired) electrons. The Balaban J connectivity index is 2.04. The average Bonchev–Trinajstić information content (AvgIpc) is 2.93. The van der Waals surface area contributed by atoms with Crippen LogP contribution in [0.25, 0.3) is 10.8 Å². The van der Waals surface area contributed by atoms with Crippen LogP contribution in [0.3, 0.4) is 0 Å². The Morgan fingerprint density at radius 3 is 3.12 bits per heavy atom. The molecule has 1 unspecified atom stereocenters. The number of rotatable bonds is 2. The zero-order chi connectivity index (χ0) is 11.8. The highest BCUT2D eigenvalue weighted by atomic mass is 32.1. The molecule has 1 aliphatic rings. The smallest absolute Gasteiger partial charge is 0.168 e. The van der Waals surface area contributed by atoms with Crippen LogP contribution in [0.5, 0.6) is 0 Å². The van der Waals surface area contributed by atoms with E-state index >= 15 is 0 Å². The van der Waals surface area contributed by atoms with E-state index < -0.39 is 0 Å². The van der Waals surface area contributed by atoms with Crippen LogP contribution in [0.2, 0.25) is 0 Å². The van der Waals surface area contributed by atoms with Crippen LogP contribution in [0.1, 0.15) is 29.5 Å². The molecule has 3 rings (SSSR count). The highest BCUT2D eigenvalue weighted by Gasteiger charge is 2.24. The molecule has 0 aliphatic heterocycles. The molecule has 0 bridgehead atoms. The van der Waals surface area contributed by atoms with Gasteiger partial charge in [0, 0.05) is 30.4 Å². The van der Waals surface area contributed by atoms with Gasteiger partial charge in [-0.2, -0.15) is 0 Å². The number of hydrogen-bond donors (Lipinski definition) is 1. The fourth-order valence-corrected chi connectivity index (χ4v) is 3.66. The number of nitrogens with zero attached hydrogens (tertiary/aromatic N) is 3. The second-order valence-corrected chi connectivity index (χ2v) is 5.46. The lowest BCUT2D eigenvalue weighted by molar-refractivity contribution is 0.501. The van der Waals surface area contributed by atoms with Crippen molar-refractivity contribution in [2.75, 3.05) is 7.05 Å². The lowest BCUT2D eigenvalue weighted by Crippen LogP contribution is -2.19. The van der Waals surface area contributed by atoms with Crippen molar-refractivity contribution < 1.29 is 0 Å². The summed E-state index contributed by atoms with van der Waals surface area (Å²) in [5, 5.41) is 4.42. The monoisotopic (exact) mass is 248 g/mol. The van der Waals surface area contributed by atoms with E-state index in [1.807, 2.05) is 31.1 Å². The van der Waals surface area contributed by atoms with E-state index in [0.717, 1.165) is 17.3 Å². The van der Waals surface area contributed by atoms with Crippen molar-refractivity contribution in [3.05, 3.63) is 23.0 Å². The number of aromatic nitrogens is 3. The van der Waals surface area contributed by atoms with Crippen LogP contribution in [-0.2, 0) is 13.5 Å². The third-order valence-electron chi connectivity index (χ3n) is 3.31. The van der Waals surface area contributed by atoms with E-state index in [0.29, 0.717) is 6.04 Å². The summed E-state index contributed by atoms with van der Waals surface area (Å²) in [6.07, 6.45) is 7.33. The van der Waals surface area contributed by atoms with Gasteiger partial charge in [0.2, 0.25) is 0 Å². The first-order valence-corrected chi connectivity index (χ1v) is 6.76. The predicted octanol–water partition coefficient (Wildman–Crippen LogP) is 2.14. The number of hydrogen-bond acceptors (Lipinski definition) is 4. The standard InChI is InChI=1S/C12H16N4S/c1-13-8-4-3-5-9-10(8)17-12(15-9)11-14-6-7-16(11)2/h6-8,13H,3-5H2,1-2H3. The summed E-state index contributed by atoms with van der Waals surface area (Å²) in [6, 6.07) is 0.477. The Kier molecular flexibility index (Phi) is 2.72. The summed E-state index contributed by atoms with van der Waals surface area (Å²) in [6.45, 7) is 0. The minimum Gasteiger partial charge on any atom is -0.332 e. The number of thiazole rings is 1. The lowest BCUT2D eigenvalue weighted by atomic mass is 9.98. The molecule has 5 heteroatoms. The number of nitrogens with one attached hydrogen (secondary N) is 1. The molecule has 1 N–H and O–H groups in total. The van der Waals surface area contributed by atoms with E-state index in [4.69, 9.17) is 4.98 Å². The molecule has 0 amide bonds. The Morgan fingerprint density at radius 1 is 1.53 bits per heavy atom. The maximum atomic E-state index is 4.75. The SMILES string of the molecule is CNC1CCCc2nc(-c3nccn3C)sc21. The minimum absolute atomic E-state index is 0.477. The van der Waals surface area contributed by atoms with E-state index in [1.54, 1.807) is 11.3 Å². The molecule has 2 heterocycles. The van der Waals surface area contributed by atoms with E-state index in [1.165, 1.54) is 23.4 Å². The number of aryl methyl sites for hydroxylation is 2. The van der Waals surface area contributed by atoms with Gasteiger partial charge < -0.3 is 9.88 Å². The van der Waals surface area contributed by atoms with E-state index in [9.17, 15) is 0 Å². The van der Waals surface area contributed by atoms with Gasteiger partial charge in [0.05, 0.1) is 5.69 Å². The van der Waals surface area contributed by atoms with E-state index in [-0.39, 0.29) is 0 Å². The molecule has 2 aromatic rings. The largest absolute Gasteiger partial charge is 0.332 e. The van der Waals surface area contributed by atoms with Crippen molar-refractivity contribution in [1.82, 2.24) is 19.9 Å². The Labute approximate surface area is 105 Å². The summed E-state index contributed by atoms with van der Waals surface area (Å²) in [4.78, 5) is 10.5. The lowest BCUT2D eigenvalue weighted by Gasteiger charge is -2.19. The normalized spacial score (nSPS) is 19.3. The van der Waals surface area contributed by atoms with E-state index in [2.05, 4.69) is 10.3 Å². The van der Waals surface area contributed by atoms with Gasteiger partial charge in [0.1, 0.15) is 0 Å². The Hall–Kier alpha value is -1.20. The van der Waals surface area contributed by atoms with Crippen molar-refractivity contribution >= 4 is 11.3 Å². The Bertz CT molecular complexity index is 528. The van der Waals surface area contributed by atoms with Gasteiger partial charge in [0.25, 0.3) is 0 Å². The molecule has 90 valence electrons. The molecule has 4 nitrogen and oxygen atoms in total. The van der Waals surface area contributed by atoms with Crippen molar-refractivity contribution in [1.29, 1.82) is 0 Å². The number of imidazole rings is 1. The van der Waals surface area contributed by atoms with Crippen LogP contribution < -0.4 is 5.32 Å². The molecule has 2 aromatic heterocycles. The molecule has 0 spiro atoms. The first-order valence-electron chi connectivity index (χ1n) is 5.94. The first kappa shape index (κ1) is 10.9. The minimum atomic E-state index is 0.477. The quantitative estimate of drug-likeness (QED) is 0.885. The molecule has 1 atom stereocenters. The van der Waals surface area contributed by atoms with Gasteiger partial charge in [0.15, 0.2) is 10.8 Å². The van der Waals surface area contributed by atoms with Crippen molar-refractivity contribution in [3.8, 4) is 10.8 Å². The molecule has 1 aliphatic carbocycles. The van der Waals surface area contributed by atoms with Gasteiger partial charge in [-0.25, -0.2) is 9.97 Å². The molecule has 17 heavy (non-hydrogen) atoms. The second-order valence-electron chi connectivity index (χ2n) is 4.43. The zero-order valence-corrected chi connectivity index (χ0v) is 10.9. The van der Waals surface area contributed by atoms with Gasteiger partial charge in [-0.1, -0.05) is 0 Å². The first-order chi connectivity index (χ1) is 8.29. The van der Waals surface area contributed by atoms with Crippen molar-refractivity contribution in [2.24, 2.45) is 7.05 Å². The van der Waals surface area contributed by atoms with Gasteiger partial charge in [-0.05, 0) is 26.3 Å². The Morgan fingerprint density at radius 2 is 2.41 bits per heavy atom.